The largest absolute Gasteiger partial charge is 0.487 e. The zero-order valence-corrected chi connectivity index (χ0v) is 16.3. The summed E-state index contributed by atoms with van der Waals surface area (Å²) < 4.78 is 22.5. The van der Waals surface area contributed by atoms with E-state index in [-0.39, 0.29) is 40.4 Å². The first-order valence-corrected chi connectivity index (χ1v) is 9.57. The second-order valence-corrected chi connectivity index (χ2v) is 8.00. The van der Waals surface area contributed by atoms with Crippen molar-refractivity contribution in [2.24, 2.45) is 11.7 Å². The van der Waals surface area contributed by atoms with Crippen LogP contribution < -0.4 is 20.9 Å². The molecule has 1 saturated heterocycles. The molecular formula is C19H21ClFN3O4. The van der Waals surface area contributed by atoms with Crippen LogP contribution in [-0.4, -0.2) is 41.4 Å². The van der Waals surface area contributed by atoms with Gasteiger partial charge in [-0.15, -0.1) is 0 Å². The van der Waals surface area contributed by atoms with Gasteiger partial charge in [0.05, 0.1) is 16.6 Å². The molecule has 3 heterocycles. The van der Waals surface area contributed by atoms with E-state index in [4.69, 9.17) is 22.1 Å². The maximum absolute atomic E-state index is 15.3. The van der Waals surface area contributed by atoms with E-state index in [9.17, 15) is 14.7 Å². The Kier molecular flexibility index (Phi) is 4.50. The van der Waals surface area contributed by atoms with E-state index < -0.39 is 29.0 Å². The number of hydrogen-bond donors (Lipinski definition) is 2. The number of benzene rings is 1. The topological polar surface area (TPSA) is 97.8 Å². The minimum Gasteiger partial charge on any atom is -0.487 e. The van der Waals surface area contributed by atoms with Gasteiger partial charge >= 0.3 is 5.97 Å². The van der Waals surface area contributed by atoms with Crippen LogP contribution in [0.4, 0.5) is 10.1 Å². The molecule has 9 heteroatoms. The highest BCUT2D eigenvalue weighted by molar-refractivity contribution is 6.36. The van der Waals surface area contributed by atoms with Crippen molar-refractivity contribution in [2.45, 2.75) is 32.4 Å². The predicted molar refractivity (Wildman–Crippen MR) is 104 cm³/mol. The third-order valence-corrected chi connectivity index (χ3v) is 6.10. The van der Waals surface area contributed by atoms with Crippen LogP contribution in [0.15, 0.2) is 10.9 Å². The number of aromatic carboxylic acids is 1. The van der Waals surface area contributed by atoms with Gasteiger partial charge < -0.3 is 20.5 Å². The van der Waals surface area contributed by atoms with Crippen LogP contribution in [0.5, 0.6) is 5.75 Å². The van der Waals surface area contributed by atoms with Gasteiger partial charge in [-0.25, -0.2) is 9.18 Å². The van der Waals surface area contributed by atoms with Crippen LogP contribution >= 0.6 is 11.6 Å². The van der Waals surface area contributed by atoms with Crippen molar-refractivity contribution in [3.05, 3.63) is 32.8 Å². The van der Waals surface area contributed by atoms with Crippen LogP contribution in [0, 0.1) is 11.7 Å². The van der Waals surface area contributed by atoms with Crippen LogP contribution in [0.1, 0.15) is 36.7 Å². The van der Waals surface area contributed by atoms with E-state index >= 15 is 4.39 Å². The molecule has 28 heavy (non-hydrogen) atoms. The molecule has 1 aromatic heterocycles. The Bertz CT molecular complexity index is 1050. The maximum atomic E-state index is 15.3. The molecule has 1 fully saturated rings. The molecule has 4 rings (SSSR count). The number of aromatic nitrogens is 1. The number of halogens is 2. The molecule has 150 valence electrons. The third kappa shape index (κ3) is 2.66. The zero-order valence-electron chi connectivity index (χ0n) is 15.5. The molecule has 1 aromatic carbocycles. The van der Waals surface area contributed by atoms with Gasteiger partial charge in [-0.3, -0.25) is 9.36 Å². The molecule has 0 spiro atoms. The molecular weight excluding hydrogens is 389 g/mol. The fourth-order valence-corrected chi connectivity index (χ4v) is 4.39. The van der Waals surface area contributed by atoms with Crippen molar-refractivity contribution >= 4 is 34.2 Å². The zero-order chi connectivity index (χ0) is 20.3. The van der Waals surface area contributed by atoms with Gasteiger partial charge in [0.25, 0.3) is 5.56 Å². The summed E-state index contributed by atoms with van der Waals surface area (Å²) in [4.78, 5) is 26.1. The fraction of sp³-hybridized carbons (Fsp3) is 0.474. The number of carbonyl (C=O) groups is 1. The summed E-state index contributed by atoms with van der Waals surface area (Å²) in [5, 5.41) is 9.33. The van der Waals surface area contributed by atoms with Crippen molar-refractivity contribution in [1.82, 2.24) is 4.57 Å². The molecule has 0 radical (unpaired) electrons. The van der Waals surface area contributed by atoms with Gasteiger partial charge in [0.1, 0.15) is 17.9 Å². The Balaban J connectivity index is 2.03. The van der Waals surface area contributed by atoms with Crippen LogP contribution in [0.2, 0.25) is 5.02 Å². The molecule has 0 amide bonds. The Morgan fingerprint density at radius 2 is 2.21 bits per heavy atom. The van der Waals surface area contributed by atoms with Gasteiger partial charge in [0.15, 0.2) is 11.6 Å². The smallest absolute Gasteiger partial charge is 0.341 e. The molecule has 2 aliphatic heterocycles. The lowest BCUT2D eigenvalue weighted by Gasteiger charge is -2.31. The van der Waals surface area contributed by atoms with E-state index in [1.165, 1.54) is 4.57 Å². The lowest BCUT2D eigenvalue weighted by atomic mass is 10.0. The minimum atomic E-state index is -1.38. The van der Waals surface area contributed by atoms with Crippen molar-refractivity contribution in [3.8, 4) is 5.75 Å². The number of rotatable bonds is 3. The lowest BCUT2D eigenvalue weighted by molar-refractivity contribution is 0.0694. The molecule has 0 saturated carbocycles. The molecule has 0 bridgehead atoms. The van der Waals surface area contributed by atoms with E-state index in [2.05, 4.69) is 0 Å². The standard InChI is InChI=1S/C19H21ClFN3O4/c1-8-7-28-17-15-11(5-12(19(26)27)18(25)24(8)15)13(20)14(21)16(17)23-4-3-10(6-23)9(2)22/h5,8-10H,3-4,6-7,22H2,1-2H3,(H,26,27)/t8-,9-,10+/m0/s1. The molecule has 0 unspecified atom stereocenters. The van der Waals surface area contributed by atoms with Crippen molar-refractivity contribution in [2.75, 3.05) is 24.6 Å². The Morgan fingerprint density at radius 3 is 2.82 bits per heavy atom. The Labute approximate surface area is 165 Å². The van der Waals surface area contributed by atoms with Crippen molar-refractivity contribution in [1.29, 1.82) is 0 Å². The van der Waals surface area contributed by atoms with E-state index in [1.807, 2.05) is 11.8 Å². The highest BCUT2D eigenvalue weighted by Gasteiger charge is 2.35. The summed E-state index contributed by atoms with van der Waals surface area (Å²) in [5.41, 5.74) is 5.45. The van der Waals surface area contributed by atoms with Crippen LogP contribution in [0.3, 0.4) is 0 Å². The van der Waals surface area contributed by atoms with Gasteiger partial charge in [-0.2, -0.15) is 0 Å². The maximum Gasteiger partial charge on any atom is 0.341 e. The van der Waals surface area contributed by atoms with Crippen molar-refractivity contribution in [3.63, 3.8) is 0 Å². The van der Waals surface area contributed by atoms with Crippen LogP contribution in [-0.2, 0) is 0 Å². The number of pyridine rings is 1. The lowest BCUT2D eigenvalue weighted by Crippen LogP contribution is -2.35. The fourth-order valence-electron chi connectivity index (χ4n) is 4.16. The van der Waals surface area contributed by atoms with E-state index in [1.54, 1.807) is 6.92 Å². The summed E-state index contributed by atoms with van der Waals surface area (Å²) in [7, 11) is 0. The molecule has 3 atom stereocenters. The number of carboxylic acid groups (broad SMARTS) is 1. The molecule has 3 N–H and O–H groups in total. The first kappa shape index (κ1) is 19.0. The second-order valence-electron chi connectivity index (χ2n) is 7.62. The number of nitrogens with zero attached hydrogens (tertiary/aromatic N) is 2. The predicted octanol–water partition coefficient (Wildman–Crippen LogP) is 2.62. The van der Waals surface area contributed by atoms with Gasteiger partial charge in [0, 0.05) is 24.5 Å². The number of hydrogen-bond acceptors (Lipinski definition) is 5. The van der Waals surface area contributed by atoms with Gasteiger partial charge in [-0.1, -0.05) is 11.6 Å². The van der Waals surface area contributed by atoms with Gasteiger partial charge in [-0.05, 0) is 32.3 Å². The molecule has 0 aliphatic carbocycles. The minimum absolute atomic E-state index is 0.0300. The highest BCUT2D eigenvalue weighted by atomic mass is 35.5. The Morgan fingerprint density at radius 1 is 1.50 bits per heavy atom. The highest BCUT2D eigenvalue weighted by Crippen LogP contribution is 2.47. The number of anilines is 1. The van der Waals surface area contributed by atoms with Crippen LogP contribution in [0.25, 0.3) is 10.9 Å². The molecule has 2 aromatic rings. The third-order valence-electron chi connectivity index (χ3n) is 5.73. The summed E-state index contributed by atoms with van der Waals surface area (Å²) >= 11 is 6.32. The summed E-state index contributed by atoms with van der Waals surface area (Å²) in [6.07, 6.45) is 0.813. The number of nitrogens with two attached hydrogens (primary N) is 1. The number of ether oxygens (including phenoxy) is 1. The second kappa shape index (κ2) is 6.63. The quantitative estimate of drug-likeness (QED) is 0.808. The normalized spacial score (nSPS) is 22.4. The Hall–Kier alpha value is -2.32. The average Bonchev–Trinajstić information content (AvgIpc) is 3.12. The van der Waals surface area contributed by atoms with Gasteiger partial charge in [0.2, 0.25) is 0 Å². The summed E-state index contributed by atoms with van der Waals surface area (Å²) in [6.45, 7) is 4.94. The summed E-state index contributed by atoms with van der Waals surface area (Å²) in [6, 6.07) is 0.690. The molecule has 2 aliphatic rings. The van der Waals surface area contributed by atoms with E-state index in [0.29, 0.717) is 18.6 Å². The molecule has 7 nitrogen and oxygen atoms in total. The monoisotopic (exact) mass is 409 g/mol. The first-order chi connectivity index (χ1) is 13.2. The number of carboxylic acids is 1. The van der Waals surface area contributed by atoms with Crippen molar-refractivity contribution < 1.29 is 19.0 Å². The SMILES string of the molecule is C[C@H](N)[C@@H]1CCN(c2c(F)c(Cl)c3cc(C(=O)O)c(=O)n4c3c2OC[C@@H]4C)C1. The summed E-state index contributed by atoms with van der Waals surface area (Å²) in [5.74, 6) is -1.61. The average molecular weight is 410 g/mol. The van der Waals surface area contributed by atoms with E-state index in [0.717, 1.165) is 12.5 Å². The first-order valence-electron chi connectivity index (χ1n) is 9.19.